The van der Waals surface area contributed by atoms with Gasteiger partial charge >= 0.3 is 0 Å². The van der Waals surface area contributed by atoms with Crippen molar-refractivity contribution in [3.05, 3.63) is 18.1 Å². The Hall–Kier alpha value is -0.550. The van der Waals surface area contributed by atoms with Crippen LogP contribution in [0.15, 0.2) is 18.1 Å². The Labute approximate surface area is 49.7 Å². The van der Waals surface area contributed by atoms with Gasteiger partial charge in [-0.25, -0.2) is 4.39 Å². The van der Waals surface area contributed by atoms with Gasteiger partial charge in [-0.2, -0.15) is 0 Å². The molecule has 1 heteroatoms. The number of halogens is 1. The summed E-state index contributed by atoms with van der Waals surface area (Å²) >= 11 is 0. The van der Waals surface area contributed by atoms with Gasteiger partial charge in [-0.1, -0.05) is 19.6 Å². The highest BCUT2D eigenvalue weighted by molar-refractivity contribution is 4.79. The molecule has 0 spiro atoms. The van der Waals surface area contributed by atoms with E-state index in [1.165, 1.54) is 0 Å². The van der Waals surface area contributed by atoms with Crippen molar-refractivity contribution < 1.29 is 4.39 Å². The lowest BCUT2D eigenvalue weighted by Gasteiger charge is -1.92. The van der Waals surface area contributed by atoms with Crippen LogP contribution in [0.1, 0.15) is 20.3 Å². The quantitative estimate of drug-likeness (QED) is 0.484. The van der Waals surface area contributed by atoms with E-state index in [1.807, 2.05) is 0 Å². The molecule has 0 saturated heterocycles. The van der Waals surface area contributed by atoms with Crippen molar-refractivity contribution in [2.24, 2.45) is 5.92 Å². The van der Waals surface area contributed by atoms with Gasteiger partial charge in [0.25, 0.3) is 0 Å². The van der Waals surface area contributed by atoms with Crippen molar-refractivity contribution in [2.75, 3.05) is 0 Å². The smallest absolute Gasteiger partial charge is 0.128 e. The van der Waals surface area contributed by atoms with E-state index in [9.17, 15) is 4.39 Å². The molecule has 0 aliphatic heterocycles. The summed E-state index contributed by atoms with van der Waals surface area (Å²) in [5.41, 5.74) is 2.36. The SMILES string of the molecule is CC(C)CC=C=CF. The van der Waals surface area contributed by atoms with Crippen LogP contribution in [0, 0.1) is 5.92 Å². The molecule has 46 valence electrons. The lowest BCUT2D eigenvalue weighted by atomic mass is 10.1. The van der Waals surface area contributed by atoms with Crippen molar-refractivity contribution in [2.45, 2.75) is 20.3 Å². The molecule has 0 aliphatic carbocycles. The van der Waals surface area contributed by atoms with Gasteiger partial charge in [-0.3, -0.25) is 0 Å². The maximum absolute atomic E-state index is 11.2. The van der Waals surface area contributed by atoms with Crippen LogP contribution in [0.5, 0.6) is 0 Å². The second kappa shape index (κ2) is 4.61. The summed E-state index contributed by atoms with van der Waals surface area (Å²) < 4.78 is 11.2. The van der Waals surface area contributed by atoms with Crippen LogP contribution in [0.2, 0.25) is 0 Å². The molecule has 0 atom stereocenters. The summed E-state index contributed by atoms with van der Waals surface area (Å²) in [6, 6.07) is 0. The fraction of sp³-hybridized carbons (Fsp3) is 0.571. The first-order chi connectivity index (χ1) is 3.77. The highest BCUT2D eigenvalue weighted by atomic mass is 19.1. The molecule has 0 aromatic carbocycles. The molecule has 0 aromatic heterocycles. The molecule has 0 saturated carbocycles. The Morgan fingerprint density at radius 3 is 2.62 bits per heavy atom. The molecule has 0 aliphatic rings. The molecular formula is C7H11F. The van der Waals surface area contributed by atoms with Gasteiger partial charge in [-0.05, 0) is 18.4 Å². The molecule has 0 fully saturated rings. The van der Waals surface area contributed by atoms with Gasteiger partial charge in [-0.15, -0.1) is 0 Å². The summed E-state index contributed by atoms with van der Waals surface area (Å²) in [6.07, 6.45) is 3.04. The van der Waals surface area contributed by atoms with E-state index in [0.29, 0.717) is 12.2 Å². The average molecular weight is 114 g/mol. The zero-order valence-electron chi connectivity index (χ0n) is 5.32. The zero-order valence-corrected chi connectivity index (χ0v) is 5.32. The molecule has 8 heavy (non-hydrogen) atoms. The van der Waals surface area contributed by atoms with Crippen LogP contribution in [0.3, 0.4) is 0 Å². The highest BCUT2D eigenvalue weighted by Gasteiger charge is 1.84. The average Bonchev–Trinajstić information content (AvgIpc) is 1.66. The third-order valence-corrected chi connectivity index (χ3v) is 0.770. The number of allylic oxidation sites excluding steroid dienone is 1. The van der Waals surface area contributed by atoms with Gasteiger partial charge in [0, 0.05) is 0 Å². The van der Waals surface area contributed by atoms with E-state index in [1.54, 1.807) is 6.08 Å². The normalized spacial score (nSPS) is 8.50. The molecule has 0 amide bonds. The summed E-state index contributed by atoms with van der Waals surface area (Å²) in [7, 11) is 0. The van der Waals surface area contributed by atoms with Gasteiger partial charge in [0.05, 0.1) is 0 Å². The Morgan fingerprint density at radius 1 is 1.62 bits per heavy atom. The Morgan fingerprint density at radius 2 is 2.25 bits per heavy atom. The van der Waals surface area contributed by atoms with E-state index < -0.39 is 0 Å². The number of rotatable bonds is 2. The molecule has 0 radical (unpaired) electrons. The monoisotopic (exact) mass is 114 g/mol. The van der Waals surface area contributed by atoms with Crippen LogP contribution in [0.25, 0.3) is 0 Å². The maximum Gasteiger partial charge on any atom is 0.128 e. The van der Waals surface area contributed by atoms with E-state index in [2.05, 4.69) is 19.6 Å². The first-order valence-corrected chi connectivity index (χ1v) is 2.77. The van der Waals surface area contributed by atoms with Gasteiger partial charge in [0.15, 0.2) is 0 Å². The number of hydrogen-bond acceptors (Lipinski definition) is 0. The zero-order chi connectivity index (χ0) is 6.41. The minimum absolute atomic E-state index is 0.433. The summed E-state index contributed by atoms with van der Waals surface area (Å²) in [6.45, 7) is 4.16. The molecule has 0 bridgehead atoms. The molecule has 0 nitrogen and oxygen atoms in total. The molecule has 0 N–H and O–H groups in total. The third-order valence-electron chi connectivity index (χ3n) is 0.770. The minimum atomic E-state index is 0.433. The predicted octanol–water partition coefficient (Wildman–Crippen LogP) is 2.67. The Balaban J connectivity index is 3.30. The Kier molecular flexibility index (Phi) is 4.29. The van der Waals surface area contributed by atoms with Gasteiger partial charge in [0.1, 0.15) is 6.33 Å². The third kappa shape index (κ3) is 5.45. The fourth-order valence-corrected chi connectivity index (χ4v) is 0.348. The highest BCUT2D eigenvalue weighted by Crippen LogP contribution is 1.97. The second-order valence-electron chi connectivity index (χ2n) is 2.11. The van der Waals surface area contributed by atoms with E-state index in [4.69, 9.17) is 0 Å². The summed E-state index contributed by atoms with van der Waals surface area (Å²) in [5, 5.41) is 0. The van der Waals surface area contributed by atoms with E-state index >= 15 is 0 Å². The number of hydrogen-bond donors (Lipinski definition) is 0. The van der Waals surface area contributed by atoms with Crippen LogP contribution >= 0.6 is 0 Å². The second-order valence-corrected chi connectivity index (χ2v) is 2.11. The predicted molar refractivity (Wildman–Crippen MR) is 33.2 cm³/mol. The van der Waals surface area contributed by atoms with E-state index in [-0.39, 0.29) is 0 Å². The maximum atomic E-state index is 11.2. The van der Waals surface area contributed by atoms with Crippen molar-refractivity contribution in [3.8, 4) is 0 Å². The van der Waals surface area contributed by atoms with Gasteiger partial charge < -0.3 is 0 Å². The Bertz CT molecular complexity index is 97.0. The van der Waals surface area contributed by atoms with Crippen LogP contribution in [-0.4, -0.2) is 0 Å². The molecule has 0 heterocycles. The van der Waals surface area contributed by atoms with Crippen molar-refractivity contribution in [3.63, 3.8) is 0 Å². The van der Waals surface area contributed by atoms with Crippen LogP contribution in [-0.2, 0) is 0 Å². The minimum Gasteiger partial charge on any atom is -0.206 e. The van der Waals surface area contributed by atoms with E-state index in [0.717, 1.165) is 6.42 Å². The summed E-state index contributed by atoms with van der Waals surface area (Å²) in [4.78, 5) is 0. The fourth-order valence-electron chi connectivity index (χ4n) is 0.348. The summed E-state index contributed by atoms with van der Waals surface area (Å²) in [5.74, 6) is 0.599. The first-order valence-electron chi connectivity index (χ1n) is 2.77. The largest absolute Gasteiger partial charge is 0.206 e. The van der Waals surface area contributed by atoms with Gasteiger partial charge in [0.2, 0.25) is 0 Å². The lowest BCUT2D eigenvalue weighted by molar-refractivity contribution is 0.662. The van der Waals surface area contributed by atoms with Crippen LogP contribution in [0.4, 0.5) is 4.39 Å². The standard InChI is InChI=1S/C7H11F/c1-7(2)5-3-4-6-8/h3,6-7H,5H2,1-2H3. The van der Waals surface area contributed by atoms with Crippen LogP contribution < -0.4 is 0 Å². The van der Waals surface area contributed by atoms with Crippen molar-refractivity contribution in [1.82, 2.24) is 0 Å². The first kappa shape index (κ1) is 7.45. The van der Waals surface area contributed by atoms with Crippen molar-refractivity contribution >= 4 is 0 Å². The van der Waals surface area contributed by atoms with Crippen molar-refractivity contribution in [1.29, 1.82) is 0 Å². The molecule has 0 rings (SSSR count). The molecule has 0 unspecified atom stereocenters. The topological polar surface area (TPSA) is 0 Å². The lowest BCUT2D eigenvalue weighted by Crippen LogP contribution is -1.79. The molecular weight excluding hydrogens is 103 g/mol. The molecule has 0 aromatic rings.